The van der Waals surface area contributed by atoms with Gasteiger partial charge in [-0.3, -0.25) is 32.5 Å². The Morgan fingerprint density at radius 2 is 0.546 bits per heavy atom. The molecule has 0 aromatic heterocycles. The SMILES string of the molecule is CC/C=C\C/C=C\C/C=C\C/C=C\C/C=C\C/C=C\CCCCC(=O)OCC(COP(=O)(O)OCC(O)COP(=O)(O)OCC(O)COC(=O)CCCCCCCCCCCCCCC/C=C\C/C=C\C/C=C\C/C=C\C/C=C\CC)OC(=O)CCCCCCC/C=C\CCCC. The molecule has 0 aliphatic heterocycles. The van der Waals surface area contributed by atoms with Gasteiger partial charge in [-0.05, 0) is 135 Å². The third-order valence-corrected chi connectivity index (χ3v) is 16.9. The lowest BCUT2D eigenvalue weighted by molar-refractivity contribution is -0.161. The number of phosphoric acid groups is 2. The number of hydrogen-bond acceptors (Lipinski definition) is 14. The van der Waals surface area contributed by atoms with Crippen molar-refractivity contribution < 1.29 is 75.8 Å². The Morgan fingerprint density at radius 3 is 0.897 bits per heavy atom. The fourth-order valence-electron chi connectivity index (χ4n) is 9.40. The molecule has 16 nitrogen and oxygen atoms in total. The summed E-state index contributed by atoms with van der Waals surface area (Å²) in [5.74, 6) is -1.64. The van der Waals surface area contributed by atoms with Crippen LogP contribution >= 0.6 is 15.6 Å². The molecule has 0 aliphatic rings. The molecule has 18 heteroatoms. The van der Waals surface area contributed by atoms with Gasteiger partial charge in [0, 0.05) is 19.3 Å². The minimum atomic E-state index is -4.94. The number of rotatable bonds is 69. The van der Waals surface area contributed by atoms with Gasteiger partial charge >= 0.3 is 33.6 Å². The van der Waals surface area contributed by atoms with Crippen LogP contribution in [0.1, 0.15) is 278 Å². The molecule has 554 valence electrons. The van der Waals surface area contributed by atoms with Gasteiger partial charge in [-0.2, -0.15) is 0 Å². The van der Waals surface area contributed by atoms with Crippen molar-refractivity contribution >= 4 is 33.6 Å². The third kappa shape index (κ3) is 72.5. The standard InChI is InChI=1S/C79H132O16P2/c1-4-7-10-13-16-19-22-24-26-28-30-32-33-34-35-36-37-38-39-41-43-44-46-48-51-53-56-59-62-65-77(82)89-68-74(80)69-91-96(85,86)92-70-75(81)71-93-97(87,88)94-73-76(95-79(84)67-64-61-58-55-50-21-18-15-12-9-6-3)72-90-78(83)66-63-60-57-54-52-49-47-45-42-40-31-29-27-25-23-20-17-14-11-8-5-2/h7-8,10-11,15-20,24-27,30-32,34-35,40,45,47,52,54,74-76,80-81H,4-6,9,12-14,21-23,28-29,33,36-39,41-44,46,48-51,53,55-73H2,1-3H3,(H,85,86)(H,87,88)/b10-7-,11-8-,18-15-,19-16-,20-17-,26-24-,27-25-,32-30-,35-34-,40-31-,47-45-,54-52-. The predicted octanol–water partition coefficient (Wildman–Crippen LogP) is 21.3. The molecule has 5 unspecified atom stereocenters. The number of aliphatic hydroxyl groups excluding tert-OH is 2. The van der Waals surface area contributed by atoms with Gasteiger partial charge in [0.1, 0.15) is 25.4 Å². The first-order valence-electron chi connectivity index (χ1n) is 37.1. The lowest BCUT2D eigenvalue weighted by Crippen LogP contribution is -2.30. The van der Waals surface area contributed by atoms with Gasteiger partial charge in [0.15, 0.2) is 6.10 Å². The molecule has 0 amide bonds. The monoisotopic (exact) mass is 1400 g/mol. The van der Waals surface area contributed by atoms with E-state index in [0.29, 0.717) is 19.3 Å². The van der Waals surface area contributed by atoms with Gasteiger partial charge in [-0.1, -0.05) is 269 Å². The molecule has 0 saturated heterocycles. The van der Waals surface area contributed by atoms with Crippen LogP contribution in [0.25, 0.3) is 0 Å². The molecule has 97 heavy (non-hydrogen) atoms. The van der Waals surface area contributed by atoms with Crippen molar-refractivity contribution in [2.75, 3.05) is 39.6 Å². The molecule has 0 fully saturated rings. The minimum absolute atomic E-state index is 0.0804. The Kier molecular flexibility index (Phi) is 67.9. The lowest BCUT2D eigenvalue weighted by atomic mass is 10.0. The first-order valence-corrected chi connectivity index (χ1v) is 40.1. The molecule has 0 heterocycles. The van der Waals surface area contributed by atoms with Gasteiger partial charge in [0.25, 0.3) is 0 Å². The molecule has 0 spiro atoms. The molecule has 0 aromatic rings. The first kappa shape index (κ1) is 92.4. The van der Waals surface area contributed by atoms with Crippen LogP contribution < -0.4 is 0 Å². The van der Waals surface area contributed by atoms with Crippen LogP contribution in [0.4, 0.5) is 0 Å². The van der Waals surface area contributed by atoms with Crippen LogP contribution in [0, 0.1) is 0 Å². The Balaban J connectivity index is 4.49. The molecule has 0 bridgehead atoms. The zero-order valence-corrected chi connectivity index (χ0v) is 62.0. The van der Waals surface area contributed by atoms with Crippen molar-refractivity contribution in [3.8, 4) is 0 Å². The summed E-state index contributed by atoms with van der Waals surface area (Å²) in [7, 11) is -9.80. The Hall–Kier alpha value is -4.57. The Bertz CT molecular complexity index is 2350. The average molecular weight is 1400 g/mol. The maximum atomic E-state index is 12.9. The first-order chi connectivity index (χ1) is 47.2. The van der Waals surface area contributed by atoms with Crippen LogP contribution in [0.15, 0.2) is 146 Å². The van der Waals surface area contributed by atoms with E-state index in [2.05, 4.69) is 167 Å². The molecule has 4 N–H and O–H groups in total. The topological polar surface area (TPSA) is 231 Å². The smallest absolute Gasteiger partial charge is 0.463 e. The second kappa shape index (κ2) is 71.3. The van der Waals surface area contributed by atoms with Crippen LogP contribution in [-0.4, -0.2) is 95.9 Å². The van der Waals surface area contributed by atoms with Crippen LogP contribution in [-0.2, 0) is 55.8 Å². The van der Waals surface area contributed by atoms with E-state index in [0.717, 1.165) is 148 Å². The van der Waals surface area contributed by atoms with E-state index in [1.54, 1.807) is 0 Å². The highest BCUT2D eigenvalue weighted by molar-refractivity contribution is 7.47. The number of allylic oxidation sites excluding steroid dienone is 24. The van der Waals surface area contributed by atoms with Crippen molar-refractivity contribution in [1.82, 2.24) is 0 Å². The van der Waals surface area contributed by atoms with Gasteiger partial charge in [0.05, 0.1) is 26.4 Å². The molecule has 5 atom stereocenters. The van der Waals surface area contributed by atoms with Crippen LogP contribution in [0.5, 0.6) is 0 Å². The zero-order chi connectivity index (χ0) is 70.9. The second-order valence-electron chi connectivity index (χ2n) is 24.3. The molecule has 0 aromatic carbocycles. The molecular formula is C79H132O16P2. The normalized spacial score (nSPS) is 14.9. The molecule has 0 rings (SSSR count). The number of aliphatic hydroxyl groups is 2. The number of carbonyl (C=O) groups is 3. The van der Waals surface area contributed by atoms with Crippen molar-refractivity contribution in [2.24, 2.45) is 0 Å². The number of unbranched alkanes of at least 4 members (excludes halogenated alkanes) is 22. The highest BCUT2D eigenvalue weighted by Gasteiger charge is 2.29. The number of phosphoric ester groups is 2. The van der Waals surface area contributed by atoms with Gasteiger partial charge in [-0.25, -0.2) is 9.13 Å². The lowest BCUT2D eigenvalue weighted by Gasteiger charge is -2.21. The number of hydrogen-bond donors (Lipinski definition) is 4. The summed E-state index contributed by atoms with van der Waals surface area (Å²) in [6.07, 6.45) is 86.3. The highest BCUT2D eigenvalue weighted by atomic mass is 31.2. The van der Waals surface area contributed by atoms with E-state index in [1.807, 2.05) is 0 Å². The van der Waals surface area contributed by atoms with E-state index in [1.165, 1.54) is 70.6 Å². The van der Waals surface area contributed by atoms with Crippen molar-refractivity contribution in [1.29, 1.82) is 0 Å². The molecule has 0 radical (unpaired) electrons. The maximum Gasteiger partial charge on any atom is 0.472 e. The molecule has 0 saturated carbocycles. The van der Waals surface area contributed by atoms with Crippen molar-refractivity contribution in [2.45, 2.75) is 296 Å². The van der Waals surface area contributed by atoms with Gasteiger partial charge < -0.3 is 34.2 Å². The number of esters is 3. The van der Waals surface area contributed by atoms with E-state index >= 15 is 0 Å². The average Bonchev–Trinajstić information content (AvgIpc) is 1.95. The van der Waals surface area contributed by atoms with E-state index < -0.39 is 91.5 Å². The predicted molar refractivity (Wildman–Crippen MR) is 399 cm³/mol. The summed E-state index contributed by atoms with van der Waals surface area (Å²) in [6.45, 7) is 2.33. The van der Waals surface area contributed by atoms with E-state index in [4.69, 9.17) is 32.3 Å². The fraction of sp³-hybridized carbons (Fsp3) is 0.658. The summed E-state index contributed by atoms with van der Waals surface area (Å²) in [6, 6.07) is 0. The number of carbonyl (C=O) groups excluding carboxylic acids is 3. The number of ether oxygens (including phenoxy) is 3. The zero-order valence-electron chi connectivity index (χ0n) is 60.2. The fourth-order valence-corrected chi connectivity index (χ4v) is 11.0. The highest BCUT2D eigenvalue weighted by Crippen LogP contribution is 2.45. The van der Waals surface area contributed by atoms with Crippen molar-refractivity contribution in [3.63, 3.8) is 0 Å². The van der Waals surface area contributed by atoms with Crippen LogP contribution in [0.3, 0.4) is 0 Å². The summed E-state index contributed by atoms with van der Waals surface area (Å²) in [4.78, 5) is 58.4. The van der Waals surface area contributed by atoms with Crippen molar-refractivity contribution in [3.05, 3.63) is 146 Å². The van der Waals surface area contributed by atoms with Crippen LogP contribution in [0.2, 0.25) is 0 Å². The summed E-state index contributed by atoms with van der Waals surface area (Å²) < 4.78 is 60.9. The van der Waals surface area contributed by atoms with E-state index in [9.17, 15) is 43.5 Å². The summed E-state index contributed by atoms with van der Waals surface area (Å²) in [5.41, 5.74) is 0. The molecule has 0 aliphatic carbocycles. The third-order valence-electron chi connectivity index (χ3n) is 15.0. The minimum Gasteiger partial charge on any atom is -0.463 e. The summed E-state index contributed by atoms with van der Waals surface area (Å²) >= 11 is 0. The maximum absolute atomic E-state index is 12.9. The largest absolute Gasteiger partial charge is 0.472 e. The second-order valence-corrected chi connectivity index (χ2v) is 27.2. The Labute approximate surface area is 587 Å². The van der Waals surface area contributed by atoms with E-state index in [-0.39, 0.29) is 19.3 Å². The Morgan fingerprint density at radius 1 is 0.299 bits per heavy atom. The summed E-state index contributed by atoms with van der Waals surface area (Å²) in [5, 5.41) is 20.6. The van der Waals surface area contributed by atoms with Gasteiger partial charge in [0.2, 0.25) is 0 Å². The quantitative estimate of drug-likeness (QED) is 0.0146. The van der Waals surface area contributed by atoms with Gasteiger partial charge in [-0.15, -0.1) is 0 Å². The molecular weight excluding hydrogens is 1270 g/mol.